The Morgan fingerprint density at radius 3 is 2.42 bits per heavy atom. The summed E-state index contributed by atoms with van der Waals surface area (Å²) in [6, 6.07) is 0. The van der Waals surface area contributed by atoms with E-state index in [9.17, 15) is 9.50 Å². The van der Waals surface area contributed by atoms with Crippen LogP contribution in [0, 0.1) is 17.8 Å². The van der Waals surface area contributed by atoms with E-state index in [2.05, 4.69) is 30.0 Å². The summed E-state index contributed by atoms with van der Waals surface area (Å²) in [6.07, 6.45) is 12.2. The van der Waals surface area contributed by atoms with Crippen molar-refractivity contribution in [2.75, 3.05) is 0 Å². The minimum Gasteiger partial charge on any atom is -0.388 e. The molecule has 1 atom stereocenters. The van der Waals surface area contributed by atoms with Crippen LogP contribution < -0.4 is 0 Å². The summed E-state index contributed by atoms with van der Waals surface area (Å²) in [6.45, 7) is 9.28. The Hall–Kier alpha value is -1.94. The van der Waals surface area contributed by atoms with Crippen LogP contribution in [0.4, 0.5) is 4.39 Å². The van der Waals surface area contributed by atoms with Gasteiger partial charge in [0.1, 0.15) is 5.83 Å². The largest absolute Gasteiger partial charge is 0.388 e. The van der Waals surface area contributed by atoms with Crippen molar-refractivity contribution in [3.8, 4) is 0 Å². The van der Waals surface area contributed by atoms with Gasteiger partial charge < -0.3 is 10.1 Å². The Balaban J connectivity index is 1.74. The molecule has 2 fully saturated rings. The lowest BCUT2D eigenvalue weighted by atomic mass is 9.74. The van der Waals surface area contributed by atoms with Gasteiger partial charge in [-0.3, -0.25) is 0 Å². The number of allylic oxidation sites excluding steroid dienone is 5. The standard InChI is InChI=1S/C22H29FN2O/c1-4-5-19(15(3)23)17-8-10-18(11-9-17)22(26)21(14(2)16-6-7-16)20-12-24-13-25-20/h4-5,12-13,16-18,22,26H,1,3,6-11H2,2H3,(H,24,25)/b19-5+,21-14-. The second-order valence-electron chi connectivity index (χ2n) is 7.66. The van der Waals surface area contributed by atoms with E-state index < -0.39 is 6.10 Å². The summed E-state index contributed by atoms with van der Waals surface area (Å²) in [5.74, 6) is 0.585. The van der Waals surface area contributed by atoms with E-state index in [-0.39, 0.29) is 17.7 Å². The predicted octanol–water partition coefficient (Wildman–Crippen LogP) is 5.36. The molecule has 2 saturated carbocycles. The number of rotatable bonds is 7. The third kappa shape index (κ3) is 4.07. The second-order valence-corrected chi connectivity index (χ2v) is 7.66. The molecule has 0 spiro atoms. The molecule has 0 aliphatic heterocycles. The number of H-pyrrole nitrogens is 1. The Kier molecular flexibility index (Phi) is 5.92. The first-order valence-corrected chi connectivity index (χ1v) is 9.57. The molecule has 0 bridgehead atoms. The van der Waals surface area contributed by atoms with Gasteiger partial charge >= 0.3 is 0 Å². The minimum absolute atomic E-state index is 0.165. The van der Waals surface area contributed by atoms with Gasteiger partial charge in [0.2, 0.25) is 0 Å². The fourth-order valence-electron chi connectivity index (χ4n) is 4.30. The second kappa shape index (κ2) is 8.17. The van der Waals surface area contributed by atoms with E-state index in [0.717, 1.165) is 37.0 Å². The maximum atomic E-state index is 13.7. The Bertz CT molecular complexity index is 705. The third-order valence-corrected chi connectivity index (χ3v) is 5.97. The van der Waals surface area contributed by atoms with Crippen LogP contribution in [0.2, 0.25) is 0 Å². The van der Waals surface area contributed by atoms with Gasteiger partial charge in [0.25, 0.3) is 0 Å². The molecule has 1 aromatic rings. The number of aromatic nitrogens is 2. The molecular weight excluding hydrogens is 327 g/mol. The fraction of sp³-hybridized carbons (Fsp3) is 0.500. The van der Waals surface area contributed by atoms with Crippen LogP contribution in [0.25, 0.3) is 5.57 Å². The zero-order chi connectivity index (χ0) is 18.7. The van der Waals surface area contributed by atoms with Gasteiger partial charge in [-0.1, -0.05) is 30.9 Å². The molecule has 26 heavy (non-hydrogen) atoms. The SMILES string of the molecule is C=C/C=C(\C(=C)F)C1CCC(C(O)/C(=C(/C)C2CC2)c2cnc[nH]2)CC1. The van der Waals surface area contributed by atoms with Crippen molar-refractivity contribution in [1.82, 2.24) is 9.97 Å². The highest BCUT2D eigenvalue weighted by Gasteiger charge is 2.34. The quantitative estimate of drug-likeness (QED) is 0.647. The molecule has 1 unspecified atom stereocenters. The molecule has 0 radical (unpaired) electrons. The number of nitrogens with zero attached hydrogens (tertiary/aromatic N) is 1. The van der Waals surface area contributed by atoms with E-state index in [4.69, 9.17) is 0 Å². The number of imidazole rings is 1. The molecule has 1 aromatic heterocycles. The molecule has 3 rings (SSSR count). The van der Waals surface area contributed by atoms with Gasteiger partial charge in [0.15, 0.2) is 0 Å². The molecule has 0 amide bonds. The van der Waals surface area contributed by atoms with Crippen molar-refractivity contribution in [1.29, 1.82) is 0 Å². The number of hydrogen-bond donors (Lipinski definition) is 2. The summed E-state index contributed by atoms with van der Waals surface area (Å²) >= 11 is 0. The van der Waals surface area contributed by atoms with Crippen LogP contribution >= 0.6 is 0 Å². The summed E-state index contributed by atoms with van der Waals surface area (Å²) in [5.41, 5.74) is 3.89. The van der Waals surface area contributed by atoms with Gasteiger partial charge in [-0.2, -0.15) is 0 Å². The Morgan fingerprint density at radius 2 is 1.92 bits per heavy atom. The van der Waals surface area contributed by atoms with E-state index in [0.29, 0.717) is 11.5 Å². The van der Waals surface area contributed by atoms with Crippen LogP contribution in [0.15, 0.2) is 54.8 Å². The molecule has 1 heterocycles. The monoisotopic (exact) mass is 356 g/mol. The molecule has 4 heteroatoms. The predicted molar refractivity (Wildman–Crippen MR) is 104 cm³/mol. The van der Waals surface area contributed by atoms with Crippen molar-refractivity contribution < 1.29 is 9.50 Å². The number of aliphatic hydroxyl groups excluding tert-OH is 1. The molecule has 140 valence electrons. The minimum atomic E-state index is -0.502. The number of nitrogens with one attached hydrogen (secondary N) is 1. The lowest BCUT2D eigenvalue weighted by molar-refractivity contribution is 0.122. The number of aliphatic hydroxyl groups is 1. The zero-order valence-corrected chi connectivity index (χ0v) is 15.5. The first-order valence-electron chi connectivity index (χ1n) is 9.57. The molecule has 2 aliphatic carbocycles. The molecular formula is C22H29FN2O. The lowest BCUT2D eigenvalue weighted by Gasteiger charge is -2.33. The first kappa shape index (κ1) is 18.8. The summed E-state index contributed by atoms with van der Waals surface area (Å²) in [5, 5.41) is 11.2. The Labute approximate surface area is 155 Å². The average Bonchev–Trinajstić information content (AvgIpc) is 3.36. The maximum Gasteiger partial charge on any atom is 0.119 e. The van der Waals surface area contributed by atoms with Crippen LogP contribution in [0.3, 0.4) is 0 Å². The molecule has 0 saturated heterocycles. The van der Waals surface area contributed by atoms with Crippen LogP contribution in [0.1, 0.15) is 51.1 Å². The number of aromatic amines is 1. The molecule has 2 N–H and O–H groups in total. The summed E-state index contributed by atoms with van der Waals surface area (Å²) < 4.78 is 13.7. The van der Waals surface area contributed by atoms with E-state index >= 15 is 0 Å². The van der Waals surface area contributed by atoms with E-state index in [1.165, 1.54) is 18.4 Å². The number of halogens is 1. The van der Waals surface area contributed by atoms with Crippen molar-refractivity contribution >= 4 is 5.57 Å². The average molecular weight is 356 g/mol. The van der Waals surface area contributed by atoms with Crippen LogP contribution in [-0.2, 0) is 0 Å². The highest BCUT2D eigenvalue weighted by atomic mass is 19.1. The zero-order valence-electron chi connectivity index (χ0n) is 15.5. The normalized spacial score (nSPS) is 26.2. The highest BCUT2D eigenvalue weighted by Crippen LogP contribution is 2.44. The highest BCUT2D eigenvalue weighted by molar-refractivity contribution is 5.69. The molecule has 3 nitrogen and oxygen atoms in total. The van der Waals surface area contributed by atoms with Gasteiger partial charge in [-0.25, -0.2) is 9.37 Å². The smallest absolute Gasteiger partial charge is 0.119 e. The molecule has 0 aromatic carbocycles. The maximum absolute atomic E-state index is 13.7. The van der Waals surface area contributed by atoms with Gasteiger partial charge in [-0.15, -0.1) is 0 Å². The number of hydrogen-bond acceptors (Lipinski definition) is 2. The third-order valence-electron chi connectivity index (χ3n) is 5.97. The molecule has 2 aliphatic rings. The van der Waals surface area contributed by atoms with E-state index in [1.807, 2.05) is 0 Å². The van der Waals surface area contributed by atoms with Crippen molar-refractivity contribution in [2.45, 2.75) is 51.6 Å². The van der Waals surface area contributed by atoms with Crippen molar-refractivity contribution in [3.63, 3.8) is 0 Å². The van der Waals surface area contributed by atoms with Crippen LogP contribution in [0.5, 0.6) is 0 Å². The first-order chi connectivity index (χ1) is 12.5. The lowest BCUT2D eigenvalue weighted by Crippen LogP contribution is -2.28. The van der Waals surface area contributed by atoms with Crippen molar-refractivity contribution in [2.24, 2.45) is 17.8 Å². The van der Waals surface area contributed by atoms with Crippen LogP contribution in [-0.4, -0.2) is 21.2 Å². The van der Waals surface area contributed by atoms with Crippen molar-refractivity contribution in [3.05, 3.63) is 60.5 Å². The Morgan fingerprint density at radius 1 is 1.27 bits per heavy atom. The van der Waals surface area contributed by atoms with Gasteiger partial charge in [0, 0.05) is 5.57 Å². The van der Waals surface area contributed by atoms with E-state index in [1.54, 1.807) is 24.7 Å². The van der Waals surface area contributed by atoms with Gasteiger partial charge in [-0.05, 0) is 68.8 Å². The fourth-order valence-corrected chi connectivity index (χ4v) is 4.30. The summed E-state index contributed by atoms with van der Waals surface area (Å²) in [4.78, 5) is 7.31. The topological polar surface area (TPSA) is 48.9 Å². The van der Waals surface area contributed by atoms with Gasteiger partial charge in [0.05, 0.1) is 24.3 Å². The summed E-state index contributed by atoms with van der Waals surface area (Å²) in [7, 11) is 0.